The fourth-order valence-electron chi connectivity index (χ4n) is 5.09. The molecule has 0 radical (unpaired) electrons. The van der Waals surface area contributed by atoms with Crippen molar-refractivity contribution < 1.29 is 33.7 Å². The van der Waals surface area contributed by atoms with E-state index >= 15 is 0 Å². The lowest BCUT2D eigenvalue weighted by Gasteiger charge is -2.48. The van der Waals surface area contributed by atoms with E-state index in [0.717, 1.165) is 0 Å². The molecule has 4 aromatic rings. The Labute approximate surface area is 225 Å². The topological polar surface area (TPSA) is 118 Å². The van der Waals surface area contributed by atoms with E-state index in [0.29, 0.717) is 34.4 Å². The SMILES string of the molecule is O=C1C(CC[C@H](O)c2ccc(F)cc2)[C@@H](c2ccc(-c3cccc(P(=O)(O)O)c3)cc2O)N1c1ccccc1. The second-order valence-electron chi connectivity index (χ2n) is 9.61. The molecule has 5 rings (SSSR count). The lowest BCUT2D eigenvalue weighted by atomic mass is 9.77. The maximum Gasteiger partial charge on any atom is 0.356 e. The first kappa shape index (κ1) is 26.8. The summed E-state index contributed by atoms with van der Waals surface area (Å²) in [5.41, 5.74) is 2.85. The number of carbonyl (C=O) groups excluding carboxylic acids is 1. The molecule has 200 valence electrons. The van der Waals surface area contributed by atoms with Gasteiger partial charge in [-0.3, -0.25) is 9.36 Å². The molecule has 0 aromatic heterocycles. The van der Waals surface area contributed by atoms with E-state index in [1.165, 1.54) is 42.5 Å². The van der Waals surface area contributed by atoms with Crippen molar-refractivity contribution in [3.63, 3.8) is 0 Å². The van der Waals surface area contributed by atoms with Gasteiger partial charge in [0.05, 0.1) is 23.4 Å². The molecular weight excluding hydrogens is 520 g/mol. The fraction of sp³-hybridized carbons (Fsp3) is 0.167. The lowest BCUT2D eigenvalue weighted by Crippen LogP contribution is -2.55. The van der Waals surface area contributed by atoms with Crippen molar-refractivity contribution >= 4 is 24.5 Å². The minimum Gasteiger partial charge on any atom is -0.508 e. The number of nitrogens with zero attached hydrogens (tertiary/aromatic N) is 1. The first-order valence-corrected chi connectivity index (χ1v) is 14.1. The normalized spacial score (nSPS) is 18.1. The van der Waals surface area contributed by atoms with Gasteiger partial charge in [-0.15, -0.1) is 0 Å². The second kappa shape index (κ2) is 10.8. The van der Waals surface area contributed by atoms with Crippen molar-refractivity contribution in [2.75, 3.05) is 4.90 Å². The lowest BCUT2D eigenvalue weighted by molar-refractivity contribution is -0.131. The molecule has 7 nitrogen and oxygen atoms in total. The minimum absolute atomic E-state index is 0.0587. The molecule has 1 unspecified atom stereocenters. The summed E-state index contributed by atoms with van der Waals surface area (Å²) in [5.74, 6) is -1.09. The summed E-state index contributed by atoms with van der Waals surface area (Å²) in [6, 6.07) is 25.2. The Hall–Kier alpha value is -3.81. The summed E-state index contributed by atoms with van der Waals surface area (Å²) in [6.07, 6.45) is -0.256. The molecular formula is C30H27FNO6P. The first-order valence-electron chi connectivity index (χ1n) is 12.4. The predicted octanol–water partition coefficient (Wildman–Crippen LogP) is 5.22. The standard InChI is InChI=1S/C30H27FNO6P/c31-22-12-9-19(10-13-22)27(33)16-15-26-29(32(30(26)35)23-6-2-1-3-7-23)25-14-11-21(18-28(25)34)20-5-4-8-24(17-20)39(36,37)38/h1-14,17-18,26-27,29,33-34H,15-16H2,(H2,36,37,38)/t26?,27-,29+/m0/s1. The Morgan fingerprint density at radius 1 is 0.872 bits per heavy atom. The third-order valence-corrected chi connectivity index (χ3v) is 8.07. The largest absolute Gasteiger partial charge is 0.508 e. The van der Waals surface area contributed by atoms with E-state index < -0.39 is 31.5 Å². The number of amides is 1. The summed E-state index contributed by atoms with van der Waals surface area (Å²) in [7, 11) is -4.44. The van der Waals surface area contributed by atoms with Gasteiger partial charge in [-0.1, -0.05) is 54.6 Å². The monoisotopic (exact) mass is 547 g/mol. The Bertz CT molecular complexity index is 1540. The maximum atomic E-state index is 13.3. The van der Waals surface area contributed by atoms with Gasteiger partial charge in [0.15, 0.2) is 0 Å². The smallest absolute Gasteiger partial charge is 0.356 e. The van der Waals surface area contributed by atoms with Gasteiger partial charge in [-0.05, 0) is 72.0 Å². The molecule has 4 N–H and O–H groups in total. The van der Waals surface area contributed by atoms with Crippen LogP contribution in [0, 0.1) is 11.7 Å². The number of hydrogen-bond acceptors (Lipinski definition) is 4. The molecule has 0 saturated carbocycles. The molecule has 0 bridgehead atoms. The Balaban J connectivity index is 1.44. The van der Waals surface area contributed by atoms with Gasteiger partial charge in [0.25, 0.3) is 0 Å². The molecule has 4 aromatic carbocycles. The van der Waals surface area contributed by atoms with Crippen LogP contribution in [0.4, 0.5) is 10.1 Å². The van der Waals surface area contributed by atoms with Crippen molar-refractivity contribution in [1.29, 1.82) is 0 Å². The highest BCUT2D eigenvalue weighted by Crippen LogP contribution is 2.49. The number of anilines is 1. The first-order chi connectivity index (χ1) is 18.6. The molecule has 3 atom stereocenters. The van der Waals surface area contributed by atoms with Crippen LogP contribution in [0.5, 0.6) is 5.75 Å². The molecule has 1 amide bonds. The zero-order valence-electron chi connectivity index (χ0n) is 20.8. The summed E-state index contributed by atoms with van der Waals surface area (Å²) in [5, 5.41) is 21.6. The van der Waals surface area contributed by atoms with E-state index in [1.54, 1.807) is 29.2 Å². The average Bonchev–Trinajstić information content (AvgIpc) is 2.92. The molecule has 1 saturated heterocycles. The summed E-state index contributed by atoms with van der Waals surface area (Å²) >= 11 is 0. The van der Waals surface area contributed by atoms with Crippen LogP contribution in [0.2, 0.25) is 0 Å². The van der Waals surface area contributed by atoms with E-state index in [4.69, 9.17) is 0 Å². The molecule has 39 heavy (non-hydrogen) atoms. The number of aliphatic hydroxyl groups excluding tert-OH is 1. The van der Waals surface area contributed by atoms with Gasteiger partial charge in [0.2, 0.25) is 5.91 Å². The third kappa shape index (κ3) is 5.51. The Kier molecular flexibility index (Phi) is 7.38. The molecule has 9 heteroatoms. The summed E-state index contributed by atoms with van der Waals surface area (Å²) < 4.78 is 25.0. The zero-order valence-corrected chi connectivity index (χ0v) is 21.7. The highest BCUT2D eigenvalue weighted by molar-refractivity contribution is 7.60. The quantitative estimate of drug-likeness (QED) is 0.178. The van der Waals surface area contributed by atoms with Gasteiger partial charge < -0.3 is 24.9 Å². The Morgan fingerprint density at radius 3 is 2.23 bits per heavy atom. The van der Waals surface area contributed by atoms with E-state index in [9.17, 15) is 33.7 Å². The number of carbonyl (C=O) groups is 1. The van der Waals surface area contributed by atoms with E-state index in [-0.39, 0.29) is 23.4 Å². The number of hydrogen-bond donors (Lipinski definition) is 4. The fourth-order valence-corrected chi connectivity index (χ4v) is 5.68. The summed E-state index contributed by atoms with van der Waals surface area (Å²) in [6.45, 7) is 0. The number of para-hydroxylation sites is 1. The van der Waals surface area contributed by atoms with Gasteiger partial charge in [-0.25, -0.2) is 4.39 Å². The van der Waals surface area contributed by atoms with Crippen LogP contribution in [0.3, 0.4) is 0 Å². The van der Waals surface area contributed by atoms with E-state index in [2.05, 4.69) is 0 Å². The predicted molar refractivity (Wildman–Crippen MR) is 146 cm³/mol. The Morgan fingerprint density at radius 2 is 1.56 bits per heavy atom. The van der Waals surface area contributed by atoms with Crippen molar-refractivity contribution in [2.24, 2.45) is 5.92 Å². The van der Waals surface area contributed by atoms with Gasteiger partial charge in [0.1, 0.15) is 11.6 Å². The number of aromatic hydroxyl groups is 1. The van der Waals surface area contributed by atoms with Crippen LogP contribution >= 0.6 is 7.60 Å². The van der Waals surface area contributed by atoms with Crippen molar-refractivity contribution in [3.05, 3.63) is 114 Å². The number of phenols is 1. The van der Waals surface area contributed by atoms with Crippen LogP contribution < -0.4 is 10.2 Å². The minimum atomic E-state index is -4.44. The molecule has 0 spiro atoms. The van der Waals surface area contributed by atoms with Crippen LogP contribution in [0.25, 0.3) is 11.1 Å². The maximum absolute atomic E-state index is 13.3. The zero-order chi connectivity index (χ0) is 27.7. The second-order valence-corrected chi connectivity index (χ2v) is 11.2. The van der Waals surface area contributed by atoms with Crippen molar-refractivity contribution in [3.8, 4) is 16.9 Å². The summed E-state index contributed by atoms with van der Waals surface area (Å²) in [4.78, 5) is 34.0. The number of aliphatic hydroxyl groups is 1. The van der Waals surface area contributed by atoms with Crippen molar-refractivity contribution in [2.45, 2.75) is 25.0 Å². The highest BCUT2D eigenvalue weighted by Gasteiger charge is 2.49. The van der Waals surface area contributed by atoms with E-state index in [1.807, 2.05) is 30.3 Å². The number of rotatable bonds is 8. The van der Waals surface area contributed by atoms with Crippen LogP contribution in [-0.4, -0.2) is 25.9 Å². The molecule has 1 heterocycles. The average molecular weight is 548 g/mol. The number of phenolic OH excluding ortho intramolecular Hbond substituents is 1. The van der Waals surface area contributed by atoms with Gasteiger partial charge in [-0.2, -0.15) is 0 Å². The van der Waals surface area contributed by atoms with Gasteiger partial charge in [0, 0.05) is 11.3 Å². The number of β-lactam (4-membered cyclic amide) rings is 1. The van der Waals surface area contributed by atoms with Crippen LogP contribution in [-0.2, 0) is 9.36 Å². The molecule has 0 aliphatic carbocycles. The number of halogens is 1. The molecule has 1 aliphatic rings. The van der Waals surface area contributed by atoms with Gasteiger partial charge >= 0.3 is 7.60 Å². The van der Waals surface area contributed by atoms with Crippen LogP contribution in [0.1, 0.15) is 36.1 Å². The third-order valence-electron chi connectivity index (χ3n) is 7.12. The highest BCUT2D eigenvalue weighted by atomic mass is 31.2. The molecule has 1 aliphatic heterocycles. The number of benzene rings is 4. The van der Waals surface area contributed by atoms with Crippen LogP contribution in [0.15, 0.2) is 97.1 Å². The molecule has 1 fully saturated rings. The van der Waals surface area contributed by atoms with Crippen molar-refractivity contribution in [1.82, 2.24) is 0 Å².